The van der Waals surface area contributed by atoms with Gasteiger partial charge in [0.2, 0.25) is 0 Å². The van der Waals surface area contributed by atoms with E-state index in [1.54, 1.807) is 0 Å². The Balaban J connectivity index is 2.38. The Morgan fingerprint density at radius 1 is 1.13 bits per heavy atom. The third kappa shape index (κ3) is 2.13. The van der Waals surface area contributed by atoms with E-state index < -0.39 is 0 Å². The van der Waals surface area contributed by atoms with Crippen LogP contribution in [0.1, 0.15) is 23.1 Å². The van der Waals surface area contributed by atoms with Crippen LogP contribution in [-0.2, 0) is 0 Å². The quantitative estimate of drug-likeness (QED) is 0.675. The maximum absolute atomic E-state index is 2.37. The van der Waals surface area contributed by atoms with Crippen LogP contribution < -0.4 is 0 Å². The lowest BCUT2D eigenvalue weighted by atomic mass is 9.92. The second kappa shape index (κ2) is 4.19. The highest BCUT2D eigenvalue weighted by Crippen LogP contribution is 2.27. The second-order valence-electron chi connectivity index (χ2n) is 4.51. The fourth-order valence-corrected chi connectivity index (χ4v) is 2.32. The molecule has 1 heteroatoms. The van der Waals surface area contributed by atoms with E-state index in [9.17, 15) is 0 Å². The lowest BCUT2D eigenvalue weighted by Crippen LogP contribution is -2.24. The third-order valence-corrected chi connectivity index (χ3v) is 3.21. The van der Waals surface area contributed by atoms with Crippen LogP contribution in [0.25, 0.3) is 5.57 Å². The van der Waals surface area contributed by atoms with Gasteiger partial charge in [-0.3, -0.25) is 0 Å². The molecule has 2 rings (SSSR count). The lowest BCUT2D eigenvalue weighted by Gasteiger charge is -2.24. The molecule has 0 spiro atoms. The molecule has 15 heavy (non-hydrogen) atoms. The van der Waals surface area contributed by atoms with Gasteiger partial charge in [0.15, 0.2) is 0 Å². The van der Waals surface area contributed by atoms with Crippen molar-refractivity contribution in [3.63, 3.8) is 0 Å². The highest BCUT2D eigenvalue weighted by atomic mass is 15.1. The Labute approximate surface area is 92.4 Å². The van der Waals surface area contributed by atoms with Gasteiger partial charge in [0.1, 0.15) is 0 Å². The van der Waals surface area contributed by atoms with Crippen molar-refractivity contribution in [3.05, 3.63) is 41.0 Å². The summed E-state index contributed by atoms with van der Waals surface area (Å²) in [7, 11) is 2.18. The topological polar surface area (TPSA) is 3.24 Å². The van der Waals surface area contributed by atoms with Crippen molar-refractivity contribution < 1.29 is 0 Å². The smallest absolute Gasteiger partial charge is 0.0166 e. The van der Waals surface area contributed by atoms with Gasteiger partial charge in [-0.15, -0.1) is 0 Å². The van der Waals surface area contributed by atoms with Crippen molar-refractivity contribution in [1.82, 2.24) is 4.90 Å². The first-order valence-electron chi connectivity index (χ1n) is 5.62. The van der Waals surface area contributed by atoms with E-state index >= 15 is 0 Å². The fourth-order valence-electron chi connectivity index (χ4n) is 2.32. The minimum Gasteiger partial charge on any atom is -0.302 e. The van der Waals surface area contributed by atoms with Crippen LogP contribution in [0.5, 0.6) is 0 Å². The number of rotatable bonds is 1. The van der Waals surface area contributed by atoms with E-state index in [1.807, 2.05) is 0 Å². The van der Waals surface area contributed by atoms with Gasteiger partial charge in [-0.25, -0.2) is 0 Å². The van der Waals surface area contributed by atoms with Crippen molar-refractivity contribution in [3.8, 4) is 0 Å². The van der Waals surface area contributed by atoms with E-state index in [4.69, 9.17) is 0 Å². The molecule has 1 aliphatic heterocycles. The maximum Gasteiger partial charge on any atom is 0.0166 e. The van der Waals surface area contributed by atoms with Crippen LogP contribution >= 0.6 is 0 Å². The van der Waals surface area contributed by atoms with Crippen molar-refractivity contribution in [2.45, 2.75) is 20.3 Å². The summed E-state index contributed by atoms with van der Waals surface area (Å²) in [6.45, 7) is 6.69. The predicted molar refractivity (Wildman–Crippen MR) is 66.0 cm³/mol. The zero-order valence-electron chi connectivity index (χ0n) is 9.88. The van der Waals surface area contributed by atoms with E-state index in [0.717, 1.165) is 6.54 Å². The summed E-state index contributed by atoms with van der Waals surface area (Å²) >= 11 is 0. The van der Waals surface area contributed by atoms with Crippen LogP contribution in [0, 0.1) is 13.8 Å². The molecule has 0 aromatic heterocycles. The average molecular weight is 201 g/mol. The molecule has 0 bridgehead atoms. The summed E-state index contributed by atoms with van der Waals surface area (Å²) in [5, 5.41) is 0. The zero-order chi connectivity index (χ0) is 10.8. The van der Waals surface area contributed by atoms with Crippen molar-refractivity contribution in [1.29, 1.82) is 0 Å². The van der Waals surface area contributed by atoms with Gasteiger partial charge in [-0.1, -0.05) is 24.3 Å². The summed E-state index contributed by atoms with van der Waals surface area (Å²) < 4.78 is 0. The summed E-state index contributed by atoms with van der Waals surface area (Å²) in [6.07, 6.45) is 3.56. The average Bonchev–Trinajstić information content (AvgIpc) is 2.20. The highest BCUT2D eigenvalue weighted by molar-refractivity contribution is 5.71. The zero-order valence-corrected chi connectivity index (χ0v) is 9.88. The molecule has 0 saturated carbocycles. The van der Waals surface area contributed by atoms with Gasteiger partial charge < -0.3 is 4.90 Å². The molecule has 1 nitrogen and oxygen atoms in total. The number of benzene rings is 1. The Hall–Kier alpha value is -1.08. The van der Waals surface area contributed by atoms with Crippen LogP contribution in [0.2, 0.25) is 0 Å². The molecule has 0 fully saturated rings. The van der Waals surface area contributed by atoms with Crippen molar-refractivity contribution in [2.75, 3.05) is 20.1 Å². The molecule has 1 aromatic carbocycles. The number of hydrogen-bond acceptors (Lipinski definition) is 1. The molecule has 1 aliphatic rings. The van der Waals surface area contributed by atoms with Crippen LogP contribution in [0.15, 0.2) is 24.3 Å². The Morgan fingerprint density at radius 2 is 1.80 bits per heavy atom. The van der Waals surface area contributed by atoms with Crippen LogP contribution in [0.4, 0.5) is 0 Å². The second-order valence-corrected chi connectivity index (χ2v) is 4.51. The van der Waals surface area contributed by atoms with Gasteiger partial charge in [0, 0.05) is 13.1 Å². The molecule has 1 aromatic rings. The largest absolute Gasteiger partial charge is 0.302 e. The molecule has 0 N–H and O–H groups in total. The van der Waals surface area contributed by atoms with E-state index in [1.165, 1.54) is 35.2 Å². The first-order valence-corrected chi connectivity index (χ1v) is 5.62. The number of hydrogen-bond donors (Lipinski definition) is 0. The molecule has 1 heterocycles. The summed E-state index contributed by atoms with van der Waals surface area (Å²) in [5.41, 5.74) is 5.82. The monoisotopic (exact) mass is 201 g/mol. The van der Waals surface area contributed by atoms with Gasteiger partial charge >= 0.3 is 0 Å². The van der Waals surface area contributed by atoms with E-state index in [2.05, 4.69) is 50.1 Å². The van der Waals surface area contributed by atoms with E-state index in [0.29, 0.717) is 0 Å². The van der Waals surface area contributed by atoms with E-state index in [-0.39, 0.29) is 0 Å². The van der Waals surface area contributed by atoms with Crippen molar-refractivity contribution >= 4 is 5.57 Å². The molecule has 0 amide bonds. The van der Waals surface area contributed by atoms with Crippen LogP contribution in [-0.4, -0.2) is 25.0 Å². The molecule has 0 radical (unpaired) electrons. The number of nitrogens with zero attached hydrogens (tertiary/aromatic N) is 1. The maximum atomic E-state index is 2.37. The summed E-state index contributed by atoms with van der Waals surface area (Å²) in [5.74, 6) is 0. The minimum atomic E-state index is 1.09. The Kier molecular flexibility index (Phi) is 2.92. The third-order valence-electron chi connectivity index (χ3n) is 3.21. The van der Waals surface area contributed by atoms with Gasteiger partial charge in [0.05, 0.1) is 0 Å². The summed E-state index contributed by atoms with van der Waals surface area (Å²) in [4.78, 5) is 2.36. The molecule has 80 valence electrons. The standard InChI is InChI=1S/C14H19N/c1-11-5-4-6-12(2)14(11)13-7-9-15(3)10-8-13/h4-7H,8-10H2,1-3H3. The molecule has 0 unspecified atom stereocenters. The normalized spacial score (nSPS) is 17.7. The van der Waals surface area contributed by atoms with Gasteiger partial charge in [0.25, 0.3) is 0 Å². The number of likely N-dealkylation sites (N-methyl/N-ethyl adjacent to an activating group) is 1. The fraction of sp³-hybridized carbons (Fsp3) is 0.429. The molecular formula is C14H19N. The molecule has 0 aliphatic carbocycles. The predicted octanol–water partition coefficient (Wildman–Crippen LogP) is 3.02. The Bertz CT molecular complexity index is 370. The van der Waals surface area contributed by atoms with Crippen LogP contribution in [0.3, 0.4) is 0 Å². The van der Waals surface area contributed by atoms with Gasteiger partial charge in [-0.05, 0) is 49.6 Å². The molecule has 0 saturated heterocycles. The molecule has 0 atom stereocenters. The SMILES string of the molecule is Cc1cccc(C)c1C1=CCN(C)CC1. The summed E-state index contributed by atoms with van der Waals surface area (Å²) in [6, 6.07) is 6.56. The Morgan fingerprint density at radius 3 is 2.33 bits per heavy atom. The van der Waals surface area contributed by atoms with Gasteiger partial charge in [-0.2, -0.15) is 0 Å². The first-order chi connectivity index (χ1) is 7.18. The first kappa shape index (κ1) is 10.4. The number of aryl methyl sites for hydroxylation is 2. The highest BCUT2D eigenvalue weighted by Gasteiger charge is 2.12. The minimum absolute atomic E-state index is 1.09. The lowest BCUT2D eigenvalue weighted by molar-refractivity contribution is 0.370. The molecular weight excluding hydrogens is 182 g/mol. The van der Waals surface area contributed by atoms with Crippen molar-refractivity contribution in [2.24, 2.45) is 0 Å².